The molecule has 1 amide bonds. The van der Waals surface area contributed by atoms with Gasteiger partial charge in [0.25, 0.3) is 0 Å². The summed E-state index contributed by atoms with van der Waals surface area (Å²) < 4.78 is 7.52. The Morgan fingerprint density at radius 2 is 2.09 bits per heavy atom. The van der Waals surface area contributed by atoms with E-state index in [1.807, 2.05) is 42.7 Å². The van der Waals surface area contributed by atoms with Crippen molar-refractivity contribution in [1.29, 1.82) is 5.26 Å². The normalized spacial score (nSPS) is 14.9. The summed E-state index contributed by atoms with van der Waals surface area (Å²) in [6.07, 6.45) is 4.19. The Hall–Kier alpha value is -2.83. The number of benzene rings is 1. The number of thiophene rings is 1. The fourth-order valence-electron chi connectivity index (χ4n) is 4.26. The summed E-state index contributed by atoms with van der Waals surface area (Å²) in [7, 11) is 0. The first-order valence-electron chi connectivity index (χ1n) is 11.7. The van der Waals surface area contributed by atoms with Gasteiger partial charge in [-0.05, 0) is 68.9 Å². The first-order chi connectivity index (χ1) is 16.6. The van der Waals surface area contributed by atoms with E-state index in [-0.39, 0.29) is 11.7 Å². The molecule has 2 aromatic heterocycles. The zero-order valence-corrected chi connectivity index (χ0v) is 21.4. The summed E-state index contributed by atoms with van der Waals surface area (Å²) in [6.45, 7) is 7.51. The van der Waals surface area contributed by atoms with Crippen LogP contribution < -0.4 is 10.1 Å². The lowest BCUT2D eigenvalue weighted by atomic mass is 9.86. The van der Waals surface area contributed by atoms with Crippen LogP contribution in [-0.4, -0.2) is 33.0 Å². The number of amides is 1. The highest BCUT2D eigenvalue weighted by Crippen LogP contribution is 2.40. The molecular formula is C25H29N5O2S2. The van der Waals surface area contributed by atoms with E-state index >= 15 is 0 Å². The highest BCUT2D eigenvalue weighted by molar-refractivity contribution is 7.99. The summed E-state index contributed by atoms with van der Waals surface area (Å²) in [6, 6.07) is 10.1. The van der Waals surface area contributed by atoms with Gasteiger partial charge in [0.15, 0.2) is 11.0 Å². The lowest BCUT2D eigenvalue weighted by Crippen LogP contribution is -2.15. The molecule has 9 heteroatoms. The van der Waals surface area contributed by atoms with Gasteiger partial charge in [0.05, 0.1) is 17.9 Å². The van der Waals surface area contributed by atoms with Crippen molar-refractivity contribution in [3.63, 3.8) is 0 Å². The molecule has 1 aromatic carbocycles. The Morgan fingerprint density at radius 3 is 2.76 bits per heavy atom. The van der Waals surface area contributed by atoms with Crippen LogP contribution in [0.5, 0.6) is 5.75 Å². The maximum atomic E-state index is 12.8. The lowest BCUT2D eigenvalue weighted by Gasteiger charge is -2.20. The first kappa shape index (κ1) is 24.3. The number of carbonyl (C=O) groups is 1. The molecule has 1 aliphatic carbocycles. The molecule has 0 saturated carbocycles. The monoisotopic (exact) mass is 495 g/mol. The third-order valence-electron chi connectivity index (χ3n) is 6.10. The molecule has 178 valence electrons. The number of fused-ring (bicyclic) bond motifs is 1. The number of nitrogens with zero attached hydrogens (tertiary/aromatic N) is 4. The van der Waals surface area contributed by atoms with Gasteiger partial charge in [-0.2, -0.15) is 5.26 Å². The van der Waals surface area contributed by atoms with Crippen LogP contribution in [0.4, 0.5) is 5.00 Å². The number of nitrogens with one attached hydrogen (secondary N) is 1. The summed E-state index contributed by atoms with van der Waals surface area (Å²) in [5.74, 6) is 2.31. The van der Waals surface area contributed by atoms with E-state index < -0.39 is 0 Å². The number of anilines is 1. The second-order valence-electron chi connectivity index (χ2n) is 8.18. The molecule has 0 saturated heterocycles. The second-order valence-corrected chi connectivity index (χ2v) is 10.2. The quantitative estimate of drug-likeness (QED) is 0.392. The van der Waals surface area contributed by atoms with Gasteiger partial charge >= 0.3 is 0 Å². The number of rotatable bonds is 9. The number of nitriles is 1. The van der Waals surface area contributed by atoms with Gasteiger partial charge in [-0.3, -0.25) is 4.79 Å². The maximum absolute atomic E-state index is 12.8. The van der Waals surface area contributed by atoms with E-state index in [2.05, 4.69) is 28.5 Å². The minimum atomic E-state index is -0.139. The molecular weight excluding hydrogens is 466 g/mol. The molecule has 3 aromatic rings. The van der Waals surface area contributed by atoms with Gasteiger partial charge in [0.2, 0.25) is 5.91 Å². The van der Waals surface area contributed by atoms with Gasteiger partial charge in [-0.1, -0.05) is 25.1 Å². The molecule has 0 radical (unpaired) electrons. The molecule has 1 aliphatic rings. The molecule has 0 spiro atoms. The number of thioether (sulfide) groups is 1. The van der Waals surface area contributed by atoms with Crippen molar-refractivity contribution in [3.05, 3.63) is 40.3 Å². The standard InChI is InChI=1S/C25H29N5O2S2/c1-4-16-7-12-19-20(14-26)24(34-21(19)13-16)27-22(31)15-33-25-29-28-23(30(25)5-2)17-8-10-18(11-9-17)32-6-3/h8-11,16H,4-7,12-13,15H2,1-3H3,(H,27,31). The summed E-state index contributed by atoms with van der Waals surface area (Å²) >= 11 is 2.91. The predicted molar refractivity (Wildman–Crippen MR) is 136 cm³/mol. The Morgan fingerprint density at radius 1 is 1.29 bits per heavy atom. The Labute approximate surface area is 208 Å². The average Bonchev–Trinajstić information content (AvgIpc) is 3.42. The van der Waals surface area contributed by atoms with Crippen LogP contribution in [0.1, 0.15) is 49.6 Å². The predicted octanol–water partition coefficient (Wildman–Crippen LogP) is 5.54. The minimum absolute atomic E-state index is 0.139. The van der Waals surface area contributed by atoms with Crippen molar-refractivity contribution in [2.24, 2.45) is 5.92 Å². The van der Waals surface area contributed by atoms with Crippen LogP contribution in [0.25, 0.3) is 11.4 Å². The van der Waals surface area contributed by atoms with Gasteiger partial charge in [-0.15, -0.1) is 21.5 Å². The third-order valence-corrected chi connectivity index (χ3v) is 8.23. The largest absolute Gasteiger partial charge is 0.494 e. The van der Waals surface area contributed by atoms with Gasteiger partial charge in [0.1, 0.15) is 16.8 Å². The molecule has 1 atom stereocenters. The van der Waals surface area contributed by atoms with Gasteiger partial charge in [-0.25, -0.2) is 0 Å². The Kier molecular flexibility index (Phi) is 7.91. The SMILES string of the molecule is CCOc1ccc(-c2nnc(SCC(=O)Nc3sc4c(c3C#N)CCC(CC)C4)n2CC)cc1. The Balaban J connectivity index is 1.43. The van der Waals surface area contributed by atoms with Crippen LogP contribution in [0.3, 0.4) is 0 Å². The van der Waals surface area contributed by atoms with Crippen molar-refractivity contribution in [3.8, 4) is 23.2 Å². The molecule has 1 N–H and O–H groups in total. The van der Waals surface area contributed by atoms with Gasteiger partial charge < -0.3 is 14.6 Å². The Bertz CT molecular complexity index is 1190. The zero-order chi connectivity index (χ0) is 24.1. The summed E-state index contributed by atoms with van der Waals surface area (Å²) in [4.78, 5) is 14.0. The van der Waals surface area contributed by atoms with Crippen molar-refractivity contribution in [1.82, 2.24) is 14.8 Å². The summed E-state index contributed by atoms with van der Waals surface area (Å²) in [5, 5.41) is 22.7. The number of carbonyl (C=O) groups excluding carboxylic acids is 1. The van der Waals surface area contributed by atoms with E-state index in [1.165, 1.54) is 16.6 Å². The number of hydrogen-bond acceptors (Lipinski definition) is 7. The molecule has 0 aliphatic heterocycles. The van der Waals surface area contributed by atoms with Crippen LogP contribution >= 0.6 is 23.1 Å². The molecule has 2 heterocycles. The van der Waals surface area contributed by atoms with E-state index in [1.54, 1.807) is 11.3 Å². The van der Waals surface area contributed by atoms with Crippen LogP contribution in [0, 0.1) is 17.2 Å². The topological polar surface area (TPSA) is 92.8 Å². The minimum Gasteiger partial charge on any atom is -0.494 e. The molecule has 7 nitrogen and oxygen atoms in total. The van der Waals surface area contributed by atoms with E-state index in [9.17, 15) is 10.1 Å². The highest BCUT2D eigenvalue weighted by atomic mass is 32.2. The van der Waals surface area contributed by atoms with Crippen molar-refractivity contribution in [2.75, 3.05) is 17.7 Å². The molecule has 0 bridgehead atoms. The molecule has 0 fully saturated rings. The lowest BCUT2D eigenvalue weighted by molar-refractivity contribution is -0.113. The molecule has 34 heavy (non-hydrogen) atoms. The molecule has 4 rings (SSSR count). The van der Waals surface area contributed by atoms with Crippen LogP contribution in [0.2, 0.25) is 0 Å². The van der Waals surface area contributed by atoms with E-state index in [0.29, 0.717) is 34.8 Å². The van der Waals surface area contributed by atoms with Crippen LogP contribution in [-0.2, 0) is 24.2 Å². The number of ether oxygens (including phenoxy) is 1. The van der Waals surface area contributed by atoms with Crippen molar-refractivity contribution in [2.45, 2.75) is 58.2 Å². The average molecular weight is 496 g/mol. The fraction of sp³-hybridized carbons (Fsp3) is 0.440. The smallest absolute Gasteiger partial charge is 0.235 e. The highest BCUT2D eigenvalue weighted by Gasteiger charge is 2.26. The zero-order valence-electron chi connectivity index (χ0n) is 19.8. The maximum Gasteiger partial charge on any atom is 0.235 e. The second kappa shape index (κ2) is 11.1. The fourth-order valence-corrected chi connectivity index (χ4v) is 6.39. The number of hydrogen-bond donors (Lipinski definition) is 1. The van der Waals surface area contributed by atoms with Crippen molar-refractivity contribution >= 4 is 34.0 Å². The van der Waals surface area contributed by atoms with E-state index in [0.717, 1.165) is 48.4 Å². The first-order valence-corrected chi connectivity index (χ1v) is 13.5. The van der Waals surface area contributed by atoms with E-state index in [4.69, 9.17) is 4.74 Å². The van der Waals surface area contributed by atoms with Gasteiger partial charge in [0, 0.05) is 17.0 Å². The summed E-state index contributed by atoms with van der Waals surface area (Å²) in [5.41, 5.74) is 2.72. The molecule has 1 unspecified atom stereocenters. The van der Waals surface area contributed by atoms with Crippen molar-refractivity contribution < 1.29 is 9.53 Å². The number of aromatic nitrogens is 3. The third kappa shape index (κ3) is 5.13. The van der Waals surface area contributed by atoms with Crippen LogP contribution in [0.15, 0.2) is 29.4 Å².